The summed E-state index contributed by atoms with van der Waals surface area (Å²) in [5.41, 5.74) is 3.99. The Hall–Kier alpha value is -5.96. The summed E-state index contributed by atoms with van der Waals surface area (Å²) in [4.78, 5) is 53.9. The number of hydrogen-bond acceptors (Lipinski definition) is 7. The van der Waals surface area contributed by atoms with Crippen LogP contribution in [0.25, 0.3) is 6.08 Å². The van der Waals surface area contributed by atoms with Gasteiger partial charge in [-0.15, -0.1) is 23.1 Å². The molecule has 0 aliphatic heterocycles. The van der Waals surface area contributed by atoms with E-state index in [9.17, 15) is 24.4 Å². The van der Waals surface area contributed by atoms with Gasteiger partial charge in [-0.05, 0) is 86.0 Å². The quantitative estimate of drug-likeness (QED) is 0.0813. The lowest BCUT2D eigenvalue weighted by Crippen LogP contribution is -2.30. The number of carbonyl (C=O) groups is 4. The van der Waals surface area contributed by atoms with Crippen LogP contribution in [0.15, 0.2) is 120 Å². The van der Waals surface area contributed by atoms with Crippen LogP contribution >= 0.6 is 23.1 Å². The van der Waals surface area contributed by atoms with Crippen LogP contribution in [0.1, 0.15) is 49.2 Å². The molecule has 0 aliphatic rings. The molecule has 0 aliphatic carbocycles. The Morgan fingerprint density at radius 3 is 2.14 bits per heavy atom. The molecule has 1 aromatic heterocycles. The molecule has 5 rings (SSSR count). The van der Waals surface area contributed by atoms with Crippen LogP contribution in [-0.4, -0.2) is 28.9 Å². The van der Waals surface area contributed by atoms with E-state index in [4.69, 9.17) is 0 Å². The zero-order chi connectivity index (χ0) is 35.6. The summed E-state index contributed by atoms with van der Waals surface area (Å²) in [5.74, 6) is -1.67. The SMILES string of the molecule is Cc1ccccc1/C=C(\NC(=O)c1ccccc1)C(=O)Nc1cccc(SC(C)C(=O)Nc2sc(C(=O)Nc3ccccc3)c(C)c2C#N)c1. The Kier molecular flexibility index (Phi) is 11.6. The average Bonchev–Trinajstić information content (AvgIpc) is 3.43. The van der Waals surface area contributed by atoms with Crippen molar-refractivity contribution in [2.24, 2.45) is 0 Å². The highest BCUT2D eigenvalue weighted by Gasteiger charge is 2.24. The molecule has 250 valence electrons. The van der Waals surface area contributed by atoms with Crippen molar-refractivity contribution in [3.05, 3.63) is 148 Å². The first kappa shape index (κ1) is 35.3. The normalized spacial score (nSPS) is 11.5. The van der Waals surface area contributed by atoms with Gasteiger partial charge in [-0.2, -0.15) is 5.26 Å². The van der Waals surface area contributed by atoms with Crippen molar-refractivity contribution in [1.82, 2.24) is 5.32 Å². The van der Waals surface area contributed by atoms with E-state index >= 15 is 0 Å². The zero-order valence-corrected chi connectivity index (χ0v) is 29.1. The molecule has 4 aromatic carbocycles. The van der Waals surface area contributed by atoms with Crippen LogP contribution in [0, 0.1) is 25.2 Å². The van der Waals surface area contributed by atoms with Crippen LogP contribution in [0.2, 0.25) is 0 Å². The Bertz CT molecular complexity index is 2120. The number of thiophene rings is 1. The zero-order valence-electron chi connectivity index (χ0n) is 27.4. The van der Waals surface area contributed by atoms with Gasteiger partial charge in [-0.3, -0.25) is 19.2 Å². The van der Waals surface area contributed by atoms with E-state index in [0.717, 1.165) is 22.5 Å². The fourth-order valence-corrected chi connectivity index (χ4v) is 6.81. The molecule has 0 bridgehead atoms. The molecule has 11 heteroatoms. The fraction of sp³-hybridized carbons (Fsp3) is 0.103. The highest BCUT2D eigenvalue weighted by molar-refractivity contribution is 8.00. The predicted molar refractivity (Wildman–Crippen MR) is 200 cm³/mol. The number of carbonyl (C=O) groups excluding carboxylic acids is 4. The van der Waals surface area contributed by atoms with Gasteiger partial charge in [0.15, 0.2) is 0 Å². The third-order valence-electron chi connectivity index (χ3n) is 7.52. The van der Waals surface area contributed by atoms with Gasteiger partial charge >= 0.3 is 0 Å². The monoisotopic (exact) mass is 699 g/mol. The van der Waals surface area contributed by atoms with Crippen molar-refractivity contribution >= 4 is 69.2 Å². The summed E-state index contributed by atoms with van der Waals surface area (Å²) in [6.45, 7) is 5.32. The van der Waals surface area contributed by atoms with E-state index in [1.54, 1.807) is 92.7 Å². The lowest BCUT2D eigenvalue weighted by Gasteiger charge is -2.14. The molecule has 4 N–H and O–H groups in total. The van der Waals surface area contributed by atoms with Gasteiger partial charge in [0.2, 0.25) is 5.91 Å². The largest absolute Gasteiger partial charge is 0.321 e. The van der Waals surface area contributed by atoms with Gasteiger partial charge in [0.1, 0.15) is 16.8 Å². The second-order valence-electron chi connectivity index (χ2n) is 11.2. The average molecular weight is 700 g/mol. The van der Waals surface area contributed by atoms with Crippen LogP contribution < -0.4 is 21.3 Å². The number of thioether (sulfide) groups is 1. The number of anilines is 3. The van der Waals surface area contributed by atoms with Gasteiger partial charge in [0.05, 0.1) is 15.7 Å². The number of hydrogen-bond donors (Lipinski definition) is 4. The molecule has 4 amide bonds. The minimum atomic E-state index is -0.599. The summed E-state index contributed by atoms with van der Waals surface area (Å²) >= 11 is 2.31. The van der Waals surface area contributed by atoms with E-state index in [2.05, 4.69) is 27.3 Å². The number of amides is 4. The van der Waals surface area contributed by atoms with Crippen molar-refractivity contribution in [2.45, 2.75) is 30.9 Å². The smallest absolute Gasteiger partial charge is 0.272 e. The molecule has 0 fully saturated rings. The first-order valence-corrected chi connectivity index (χ1v) is 17.2. The van der Waals surface area contributed by atoms with Crippen molar-refractivity contribution in [2.75, 3.05) is 16.0 Å². The Morgan fingerprint density at radius 1 is 0.780 bits per heavy atom. The molecule has 5 aromatic rings. The van der Waals surface area contributed by atoms with Crippen LogP contribution in [0.3, 0.4) is 0 Å². The number of para-hydroxylation sites is 1. The maximum absolute atomic E-state index is 13.6. The lowest BCUT2D eigenvalue weighted by molar-refractivity contribution is -0.115. The van der Waals surface area contributed by atoms with Crippen LogP contribution in [0.4, 0.5) is 16.4 Å². The van der Waals surface area contributed by atoms with E-state index in [0.29, 0.717) is 37.3 Å². The Balaban J connectivity index is 1.28. The molecule has 1 unspecified atom stereocenters. The minimum Gasteiger partial charge on any atom is -0.321 e. The van der Waals surface area contributed by atoms with E-state index in [-0.39, 0.29) is 23.1 Å². The van der Waals surface area contributed by atoms with Gasteiger partial charge in [0.25, 0.3) is 17.7 Å². The topological polar surface area (TPSA) is 140 Å². The number of nitrogens with one attached hydrogen (secondary N) is 4. The van der Waals surface area contributed by atoms with Crippen molar-refractivity contribution < 1.29 is 19.2 Å². The third-order valence-corrected chi connectivity index (χ3v) is 9.82. The number of nitriles is 1. The number of rotatable bonds is 11. The van der Waals surface area contributed by atoms with Gasteiger partial charge in [-0.1, -0.05) is 66.7 Å². The van der Waals surface area contributed by atoms with E-state index in [1.807, 2.05) is 43.3 Å². The highest BCUT2D eigenvalue weighted by atomic mass is 32.2. The highest BCUT2D eigenvalue weighted by Crippen LogP contribution is 2.34. The Morgan fingerprint density at radius 2 is 1.44 bits per heavy atom. The predicted octanol–water partition coefficient (Wildman–Crippen LogP) is 8.02. The van der Waals surface area contributed by atoms with Crippen LogP contribution in [-0.2, 0) is 9.59 Å². The molecule has 0 radical (unpaired) electrons. The molecule has 0 saturated heterocycles. The lowest BCUT2D eigenvalue weighted by atomic mass is 10.1. The molecule has 0 saturated carbocycles. The molecule has 1 atom stereocenters. The van der Waals surface area contributed by atoms with Crippen molar-refractivity contribution in [3.8, 4) is 6.07 Å². The fourth-order valence-electron chi connectivity index (χ4n) is 4.83. The van der Waals surface area contributed by atoms with Gasteiger partial charge < -0.3 is 21.3 Å². The third kappa shape index (κ3) is 8.93. The molecular formula is C39H33N5O4S2. The van der Waals surface area contributed by atoms with Gasteiger partial charge in [-0.25, -0.2) is 0 Å². The van der Waals surface area contributed by atoms with E-state index in [1.165, 1.54) is 11.8 Å². The molecule has 50 heavy (non-hydrogen) atoms. The molecule has 1 heterocycles. The van der Waals surface area contributed by atoms with Crippen LogP contribution in [0.5, 0.6) is 0 Å². The Labute approximate surface area is 298 Å². The van der Waals surface area contributed by atoms with Crippen molar-refractivity contribution in [3.63, 3.8) is 0 Å². The number of benzene rings is 4. The number of nitrogens with zero attached hydrogens (tertiary/aromatic N) is 1. The minimum absolute atomic E-state index is 0.0651. The molecular weight excluding hydrogens is 667 g/mol. The van der Waals surface area contributed by atoms with Gasteiger partial charge in [0, 0.05) is 21.8 Å². The first-order valence-electron chi connectivity index (χ1n) is 15.6. The first-order chi connectivity index (χ1) is 24.1. The molecule has 9 nitrogen and oxygen atoms in total. The number of aryl methyl sites for hydroxylation is 1. The maximum Gasteiger partial charge on any atom is 0.272 e. The maximum atomic E-state index is 13.6. The van der Waals surface area contributed by atoms with E-state index < -0.39 is 17.1 Å². The summed E-state index contributed by atoms with van der Waals surface area (Å²) in [6, 6.07) is 34.3. The molecule has 0 spiro atoms. The van der Waals surface area contributed by atoms with Crippen molar-refractivity contribution in [1.29, 1.82) is 5.26 Å². The summed E-state index contributed by atoms with van der Waals surface area (Å²) < 4.78 is 0. The second kappa shape index (κ2) is 16.4. The second-order valence-corrected chi connectivity index (χ2v) is 13.6. The summed E-state index contributed by atoms with van der Waals surface area (Å²) in [5, 5.41) is 20.8. The standard InChI is InChI=1S/C39H33N5O4S2/c1-24-13-10-11-16-28(24)21-33(43-36(46)27-14-6-4-7-15-27)37(47)42-30-19-12-20-31(22-30)49-26(3)35(45)44-39-32(23-40)25(2)34(50-39)38(48)41-29-17-8-5-9-18-29/h4-22,26H,1-3H3,(H,41,48)(H,42,47)(H,43,46)(H,44,45)/b33-21-. The summed E-state index contributed by atoms with van der Waals surface area (Å²) in [6.07, 6.45) is 1.63. The summed E-state index contributed by atoms with van der Waals surface area (Å²) in [7, 11) is 0.